The molecule has 6 heteroatoms. The number of hydrogen-bond donors (Lipinski definition) is 0. The average Bonchev–Trinajstić information content (AvgIpc) is 3.03. The van der Waals surface area contributed by atoms with E-state index < -0.39 is 0 Å². The predicted octanol–water partition coefficient (Wildman–Crippen LogP) is 4.92. The minimum Gasteiger partial charge on any atom is -0.337 e. The van der Waals surface area contributed by atoms with Gasteiger partial charge in [0.2, 0.25) is 0 Å². The first-order valence-corrected chi connectivity index (χ1v) is 9.15. The molecule has 0 N–H and O–H groups in total. The van der Waals surface area contributed by atoms with Crippen molar-refractivity contribution in [3.05, 3.63) is 75.3 Å². The Morgan fingerprint density at radius 3 is 2.69 bits per heavy atom. The Morgan fingerprint density at radius 1 is 1.27 bits per heavy atom. The number of thiazole rings is 1. The van der Waals surface area contributed by atoms with E-state index in [1.807, 2.05) is 43.3 Å². The van der Waals surface area contributed by atoms with E-state index >= 15 is 0 Å². The van der Waals surface area contributed by atoms with E-state index in [0.717, 1.165) is 16.1 Å². The van der Waals surface area contributed by atoms with Gasteiger partial charge in [-0.2, -0.15) is 5.26 Å². The van der Waals surface area contributed by atoms with Crippen molar-refractivity contribution in [1.29, 1.82) is 5.26 Å². The molecule has 0 saturated heterocycles. The molecular formula is C20H16ClN3OS. The van der Waals surface area contributed by atoms with E-state index in [4.69, 9.17) is 16.9 Å². The molecule has 1 amide bonds. The van der Waals surface area contributed by atoms with Crippen LogP contribution in [0, 0.1) is 18.3 Å². The van der Waals surface area contributed by atoms with Crippen LogP contribution in [0.2, 0.25) is 5.02 Å². The van der Waals surface area contributed by atoms with Crippen molar-refractivity contribution >= 4 is 28.8 Å². The number of halogens is 1. The van der Waals surface area contributed by atoms with Crippen molar-refractivity contribution in [2.75, 3.05) is 7.05 Å². The predicted molar refractivity (Wildman–Crippen MR) is 104 cm³/mol. The molecule has 0 aliphatic heterocycles. The Kier molecular flexibility index (Phi) is 5.36. The SMILES string of the molecule is Cc1nc(-c2ccc(Cl)cc2)sc1C(=O)N(C)Cc1cccc(C#N)c1. The molecule has 130 valence electrons. The molecule has 0 atom stereocenters. The fraction of sp³-hybridized carbons (Fsp3) is 0.150. The van der Waals surface area contributed by atoms with Gasteiger partial charge in [-0.25, -0.2) is 4.98 Å². The van der Waals surface area contributed by atoms with Crippen LogP contribution in [-0.4, -0.2) is 22.8 Å². The third-order valence-electron chi connectivity index (χ3n) is 3.90. The minimum absolute atomic E-state index is 0.0809. The van der Waals surface area contributed by atoms with E-state index in [9.17, 15) is 4.79 Å². The number of nitrogens with zero attached hydrogens (tertiary/aromatic N) is 3. The highest BCUT2D eigenvalue weighted by Gasteiger charge is 2.20. The molecule has 0 radical (unpaired) electrons. The van der Waals surface area contributed by atoms with Crippen LogP contribution in [0.15, 0.2) is 48.5 Å². The fourth-order valence-corrected chi connectivity index (χ4v) is 3.76. The molecule has 26 heavy (non-hydrogen) atoms. The highest BCUT2D eigenvalue weighted by Crippen LogP contribution is 2.29. The molecule has 1 heterocycles. The summed E-state index contributed by atoms with van der Waals surface area (Å²) in [4.78, 5) is 19.6. The molecule has 3 rings (SSSR count). The number of rotatable bonds is 4. The highest BCUT2D eigenvalue weighted by molar-refractivity contribution is 7.17. The van der Waals surface area contributed by atoms with E-state index in [-0.39, 0.29) is 5.91 Å². The van der Waals surface area contributed by atoms with Gasteiger partial charge in [-0.05, 0) is 36.8 Å². The van der Waals surface area contributed by atoms with Gasteiger partial charge in [0.15, 0.2) is 0 Å². The lowest BCUT2D eigenvalue weighted by atomic mass is 10.1. The van der Waals surface area contributed by atoms with Crippen molar-refractivity contribution in [1.82, 2.24) is 9.88 Å². The van der Waals surface area contributed by atoms with Gasteiger partial charge in [-0.15, -0.1) is 11.3 Å². The third-order valence-corrected chi connectivity index (χ3v) is 5.35. The minimum atomic E-state index is -0.0809. The summed E-state index contributed by atoms with van der Waals surface area (Å²) in [5, 5.41) is 10.5. The summed E-state index contributed by atoms with van der Waals surface area (Å²) in [6.07, 6.45) is 0. The van der Waals surface area contributed by atoms with Crippen molar-refractivity contribution in [2.45, 2.75) is 13.5 Å². The van der Waals surface area contributed by atoms with Gasteiger partial charge in [-0.3, -0.25) is 4.79 Å². The van der Waals surface area contributed by atoms with Crippen LogP contribution in [0.1, 0.15) is 26.5 Å². The Bertz CT molecular complexity index is 989. The van der Waals surface area contributed by atoms with E-state index in [0.29, 0.717) is 27.7 Å². The van der Waals surface area contributed by atoms with Crippen molar-refractivity contribution in [3.8, 4) is 16.6 Å². The maximum Gasteiger partial charge on any atom is 0.265 e. The summed E-state index contributed by atoms with van der Waals surface area (Å²) in [6.45, 7) is 2.27. The van der Waals surface area contributed by atoms with Crippen molar-refractivity contribution < 1.29 is 4.79 Å². The number of hydrogen-bond acceptors (Lipinski definition) is 4. The average molecular weight is 382 g/mol. The molecule has 4 nitrogen and oxygen atoms in total. The molecule has 3 aromatic rings. The Hall–Kier alpha value is -2.68. The maximum absolute atomic E-state index is 12.8. The third kappa shape index (κ3) is 3.93. The van der Waals surface area contributed by atoms with Crippen LogP contribution in [0.3, 0.4) is 0 Å². The van der Waals surface area contributed by atoms with Gasteiger partial charge in [0.1, 0.15) is 9.88 Å². The standard InChI is InChI=1S/C20H16ClN3OS/c1-13-18(26-19(23-13)16-6-8-17(21)9-7-16)20(25)24(2)12-15-5-3-4-14(10-15)11-22/h3-10H,12H2,1-2H3. The van der Waals surface area contributed by atoms with Gasteiger partial charge < -0.3 is 4.90 Å². The first kappa shape index (κ1) is 18.1. The topological polar surface area (TPSA) is 57.0 Å². The largest absolute Gasteiger partial charge is 0.337 e. The molecule has 0 aliphatic rings. The second-order valence-corrected chi connectivity index (χ2v) is 7.35. The van der Waals surface area contributed by atoms with E-state index in [1.165, 1.54) is 11.3 Å². The highest BCUT2D eigenvalue weighted by atomic mass is 35.5. The number of amides is 1. The summed E-state index contributed by atoms with van der Waals surface area (Å²) in [7, 11) is 1.75. The zero-order chi connectivity index (χ0) is 18.7. The molecule has 1 aromatic heterocycles. The van der Waals surface area contributed by atoms with Crippen molar-refractivity contribution in [3.63, 3.8) is 0 Å². The Labute approximate surface area is 161 Å². The number of carbonyl (C=O) groups excluding carboxylic acids is 1. The first-order valence-electron chi connectivity index (χ1n) is 7.96. The second kappa shape index (κ2) is 7.69. The quantitative estimate of drug-likeness (QED) is 0.644. The summed E-state index contributed by atoms with van der Waals surface area (Å²) >= 11 is 7.30. The number of aromatic nitrogens is 1. The zero-order valence-corrected chi connectivity index (χ0v) is 15.9. The fourth-order valence-electron chi connectivity index (χ4n) is 2.57. The molecule has 0 fully saturated rings. The first-order chi connectivity index (χ1) is 12.5. The van der Waals surface area contributed by atoms with Crippen LogP contribution in [0.5, 0.6) is 0 Å². The maximum atomic E-state index is 12.8. The monoisotopic (exact) mass is 381 g/mol. The van der Waals surface area contributed by atoms with Crippen molar-refractivity contribution in [2.24, 2.45) is 0 Å². The second-order valence-electron chi connectivity index (χ2n) is 5.91. The lowest BCUT2D eigenvalue weighted by molar-refractivity contribution is 0.0789. The molecule has 0 unspecified atom stereocenters. The van der Waals surface area contributed by atoms with Crippen LogP contribution in [-0.2, 0) is 6.54 Å². The number of benzene rings is 2. The van der Waals surface area contributed by atoms with Gasteiger partial charge >= 0.3 is 0 Å². The molecule has 0 saturated carbocycles. The summed E-state index contributed by atoms with van der Waals surface area (Å²) in [5.41, 5.74) is 3.15. The van der Waals surface area contributed by atoms with E-state index in [2.05, 4.69) is 11.1 Å². The number of aryl methyl sites for hydroxylation is 1. The molecule has 2 aromatic carbocycles. The normalized spacial score (nSPS) is 10.4. The Balaban J connectivity index is 1.81. The number of carbonyl (C=O) groups is 1. The lowest BCUT2D eigenvalue weighted by Gasteiger charge is -2.16. The van der Waals surface area contributed by atoms with Crippen LogP contribution in [0.4, 0.5) is 0 Å². The molecule has 0 bridgehead atoms. The molecule has 0 spiro atoms. The molecule has 0 aliphatic carbocycles. The Morgan fingerprint density at radius 2 is 2.00 bits per heavy atom. The van der Waals surface area contributed by atoms with Crippen LogP contribution in [0.25, 0.3) is 10.6 Å². The zero-order valence-electron chi connectivity index (χ0n) is 14.4. The van der Waals surface area contributed by atoms with Gasteiger partial charge in [0.05, 0.1) is 17.3 Å². The summed E-state index contributed by atoms with van der Waals surface area (Å²) < 4.78 is 0. The lowest BCUT2D eigenvalue weighted by Crippen LogP contribution is -2.26. The summed E-state index contributed by atoms with van der Waals surface area (Å²) in [6, 6.07) is 16.8. The van der Waals surface area contributed by atoms with Gasteiger partial charge in [-0.1, -0.05) is 35.9 Å². The smallest absolute Gasteiger partial charge is 0.265 e. The van der Waals surface area contributed by atoms with Gasteiger partial charge in [0.25, 0.3) is 5.91 Å². The van der Waals surface area contributed by atoms with Crippen LogP contribution < -0.4 is 0 Å². The van der Waals surface area contributed by atoms with Crippen LogP contribution >= 0.6 is 22.9 Å². The number of nitriles is 1. The van der Waals surface area contributed by atoms with E-state index in [1.54, 1.807) is 24.1 Å². The molecular weight excluding hydrogens is 366 g/mol. The summed E-state index contributed by atoms with van der Waals surface area (Å²) in [5.74, 6) is -0.0809. The van der Waals surface area contributed by atoms with Gasteiger partial charge in [0, 0.05) is 24.2 Å².